The summed E-state index contributed by atoms with van der Waals surface area (Å²) in [6.07, 6.45) is -4.23. The van der Waals surface area contributed by atoms with Gasteiger partial charge in [0.15, 0.2) is 0 Å². The predicted molar refractivity (Wildman–Crippen MR) is 121 cm³/mol. The van der Waals surface area contributed by atoms with Crippen molar-refractivity contribution in [3.8, 4) is 5.88 Å². The first kappa shape index (κ1) is 24.3. The molecule has 34 heavy (non-hydrogen) atoms. The van der Waals surface area contributed by atoms with Crippen LogP contribution in [0, 0.1) is 0 Å². The minimum atomic E-state index is -5.28. The largest absolute Gasteiger partial charge is 0.491 e. The fraction of sp³-hybridized carbons (Fsp3) is 0.375. The molecule has 4 rings (SSSR count). The molecule has 1 fully saturated rings. The first-order chi connectivity index (χ1) is 15.8. The van der Waals surface area contributed by atoms with Gasteiger partial charge in [0, 0.05) is 18.0 Å². The van der Waals surface area contributed by atoms with Gasteiger partial charge in [-0.15, -0.1) is 0 Å². The molecular weight excluding hydrogens is 469 g/mol. The number of aromatic nitrogens is 1. The second kappa shape index (κ2) is 8.42. The Hall–Kier alpha value is -2.85. The van der Waals surface area contributed by atoms with E-state index in [4.69, 9.17) is 0 Å². The maximum Gasteiger partial charge on any atom is 0.491 e. The van der Waals surface area contributed by atoms with Crippen molar-refractivity contribution in [1.29, 1.82) is 0 Å². The first-order valence-electron chi connectivity index (χ1n) is 10.8. The van der Waals surface area contributed by atoms with E-state index in [1.165, 1.54) is 24.3 Å². The Labute approximate surface area is 196 Å². The molecule has 1 saturated heterocycles. The number of likely N-dealkylation sites (tertiary alicyclic amines) is 1. The van der Waals surface area contributed by atoms with Gasteiger partial charge >= 0.3 is 12.1 Å². The van der Waals surface area contributed by atoms with E-state index in [1.54, 1.807) is 24.3 Å². The molecule has 0 spiro atoms. The van der Waals surface area contributed by atoms with Crippen LogP contribution in [0.5, 0.6) is 5.88 Å². The van der Waals surface area contributed by atoms with E-state index in [9.17, 15) is 26.4 Å². The van der Waals surface area contributed by atoms with Crippen molar-refractivity contribution in [1.82, 2.24) is 8.87 Å². The summed E-state index contributed by atoms with van der Waals surface area (Å²) in [6.45, 7) is 8.20. The lowest BCUT2D eigenvalue weighted by atomic mass is 9.87. The summed E-state index contributed by atoms with van der Waals surface area (Å²) >= 11 is 0. The third kappa shape index (κ3) is 4.56. The van der Waals surface area contributed by atoms with Crippen molar-refractivity contribution in [3.63, 3.8) is 0 Å². The number of halogens is 3. The van der Waals surface area contributed by atoms with Gasteiger partial charge in [0.05, 0.1) is 10.4 Å². The summed E-state index contributed by atoms with van der Waals surface area (Å²) < 4.78 is 71.4. The van der Waals surface area contributed by atoms with Gasteiger partial charge in [-0.25, -0.2) is 17.2 Å². The number of ether oxygens (including phenoxy) is 1. The summed E-state index contributed by atoms with van der Waals surface area (Å²) in [5.74, 6) is -3.19. The highest BCUT2D eigenvalue weighted by molar-refractivity contribution is 7.90. The molecule has 3 aromatic rings. The number of rotatable bonds is 5. The average molecular weight is 495 g/mol. The average Bonchev–Trinajstić information content (AvgIpc) is 3.08. The number of esters is 1. The third-order valence-corrected chi connectivity index (χ3v) is 7.62. The molecule has 2 aromatic carbocycles. The van der Waals surface area contributed by atoms with E-state index in [0.717, 1.165) is 30.6 Å². The molecule has 0 atom stereocenters. The van der Waals surface area contributed by atoms with Crippen LogP contribution in [0.15, 0.2) is 53.4 Å². The van der Waals surface area contributed by atoms with Crippen LogP contribution in [0.2, 0.25) is 0 Å². The first-order valence-corrected chi connectivity index (χ1v) is 12.2. The molecule has 1 aromatic heterocycles. The molecule has 1 aliphatic rings. The van der Waals surface area contributed by atoms with Gasteiger partial charge in [0.25, 0.3) is 10.0 Å². The highest BCUT2D eigenvalue weighted by Crippen LogP contribution is 2.35. The molecule has 0 N–H and O–H groups in total. The molecule has 0 aliphatic carbocycles. The van der Waals surface area contributed by atoms with Gasteiger partial charge in [0.1, 0.15) is 0 Å². The molecule has 0 saturated carbocycles. The second-order valence-electron chi connectivity index (χ2n) is 9.39. The van der Waals surface area contributed by atoms with E-state index < -0.39 is 28.0 Å². The molecule has 2 heterocycles. The van der Waals surface area contributed by atoms with E-state index in [2.05, 4.69) is 9.64 Å². The Morgan fingerprint density at radius 3 is 2.21 bits per heavy atom. The highest BCUT2D eigenvalue weighted by Gasteiger charge is 2.42. The number of nitrogens with zero attached hydrogens (tertiary/aromatic N) is 2. The van der Waals surface area contributed by atoms with Crippen LogP contribution in [0.1, 0.15) is 38.3 Å². The van der Waals surface area contributed by atoms with E-state index >= 15 is 0 Å². The minimum Gasteiger partial charge on any atom is -0.402 e. The van der Waals surface area contributed by atoms with Crippen molar-refractivity contribution in [2.75, 3.05) is 13.1 Å². The van der Waals surface area contributed by atoms with E-state index in [1.807, 2.05) is 20.8 Å². The van der Waals surface area contributed by atoms with Gasteiger partial charge in [-0.05, 0) is 54.3 Å². The molecule has 1 aliphatic heterocycles. The minimum absolute atomic E-state index is 0.129. The number of carbonyl (C=O) groups excluding carboxylic acids is 1. The maximum absolute atomic E-state index is 13.6. The zero-order valence-corrected chi connectivity index (χ0v) is 19.8. The summed E-state index contributed by atoms with van der Waals surface area (Å²) in [5.41, 5.74) is 1.55. The molecular formula is C24H25F3N2O4S. The predicted octanol–water partition coefficient (Wildman–Crippen LogP) is 4.85. The maximum atomic E-state index is 13.6. The Morgan fingerprint density at radius 2 is 1.68 bits per heavy atom. The normalized spacial score (nSPS) is 15.4. The summed E-state index contributed by atoms with van der Waals surface area (Å²) in [7, 11) is -4.38. The monoisotopic (exact) mass is 494 g/mol. The van der Waals surface area contributed by atoms with Crippen LogP contribution >= 0.6 is 0 Å². The fourth-order valence-corrected chi connectivity index (χ4v) is 5.30. The van der Waals surface area contributed by atoms with Crippen molar-refractivity contribution in [3.05, 3.63) is 59.7 Å². The quantitative estimate of drug-likeness (QED) is 0.475. The Bertz CT molecular complexity index is 1330. The molecule has 0 amide bonds. The second-order valence-corrected chi connectivity index (χ2v) is 11.2. The number of hydrogen-bond acceptors (Lipinski definition) is 5. The number of hydrogen-bond donors (Lipinski definition) is 0. The van der Waals surface area contributed by atoms with Crippen LogP contribution in [-0.4, -0.2) is 42.5 Å². The Morgan fingerprint density at radius 1 is 1.03 bits per heavy atom. The lowest BCUT2D eigenvalue weighted by molar-refractivity contribution is -0.190. The molecule has 182 valence electrons. The zero-order valence-electron chi connectivity index (χ0n) is 19.0. The molecule has 10 heteroatoms. The van der Waals surface area contributed by atoms with Gasteiger partial charge in [-0.2, -0.15) is 13.2 Å². The lowest BCUT2D eigenvalue weighted by Crippen LogP contribution is -2.36. The van der Waals surface area contributed by atoms with Crippen molar-refractivity contribution >= 4 is 26.9 Å². The SMILES string of the molecule is CC(C)(C)c1ccc(S(=O)(=O)n2c(OC(=O)C(F)(F)F)cc3c(CN4CCC4)cccc32)cc1. The van der Waals surface area contributed by atoms with Crippen LogP contribution in [0.25, 0.3) is 10.9 Å². The van der Waals surface area contributed by atoms with Crippen LogP contribution in [0.3, 0.4) is 0 Å². The summed E-state index contributed by atoms with van der Waals surface area (Å²) in [4.78, 5) is 13.6. The Kier molecular flexibility index (Phi) is 6.02. The number of benzene rings is 2. The molecule has 6 nitrogen and oxygen atoms in total. The van der Waals surface area contributed by atoms with Gasteiger partial charge in [-0.1, -0.05) is 45.0 Å². The van der Waals surface area contributed by atoms with Crippen molar-refractivity contribution in [2.45, 2.75) is 50.2 Å². The van der Waals surface area contributed by atoms with E-state index in [-0.39, 0.29) is 15.8 Å². The smallest absolute Gasteiger partial charge is 0.402 e. The van der Waals surface area contributed by atoms with Crippen LogP contribution in [0.4, 0.5) is 13.2 Å². The van der Waals surface area contributed by atoms with Crippen molar-refractivity contribution < 1.29 is 31.1 Å². The van der Waals surface area contributed by atoms with E-state index in [0.29, 0.717) is 15.9 Å². The fourth-order valence-electron chi connectivity index (χ4n) is 3.87. The van der Waals surface area contributed by atoms with Gasteiger partial charge in [0.2, 0.25) is 5.88 Å². The van der Waals surface area contributed by atoms with Crippen LogP contribution < -0.4 is 4.74 Å². The van der Waals surface area contributed by atoms with Gasteiger partial charge < -0.3 is 4.74 Å². The lowest BCUT2D eigenvalue weighted by Gasteiger charge is -2.30. The third-order valence-electron chi connectivity index (χ3n) is 5.89. The molecule has 0 bridgehead atoms. The highest BCUT2D eigenvalue weighted by atomic mass is 32.2. The molecule has 0 radical (unpaired) electrons. The topological polar surface area (TPSA) is 68.6 Å². The Balaban J connectivity index is 1.87. The molecule has 0 unspecified atom stereocenters. The standard InChI is InChI=1S/C24H25F3N2O4S/c1-23(2,3)17-8-10-18(11-9-17)34(31,32)29-20-7-4-6-16(15-28-12-5-13-28)19(20)14-21(29)33-22(30)24(25,26)27/h4,6-11,14H,5,12-13,15H2,1-3H3. The zero-order chi connectivity index (χ0) is 24.9. The number of fused-ring (bicyclic) bond motifs is 1. The van der Waals surface area contributed by atoms with Crippen molar-refractivity contribution in [2.24, 2.45) is 0 Å². The number of alkyl halides is 3. The van der Waals surface area contributed by atoms with Crippen LogP contribution in [-0.2, 0) is 26.8 Å². The van der Waals surface area contributed by atoms with Gasteiger partial charge in [-0.3, -0.25) is 4.90 Å². The summed E-state index contributed by atoms with van der Waals surface area (Å²) in [5, 5.41) is 0.411. The number of carbonyl (C=O) groups is 1. The summed E-state index contributed by atoms with van der Waals surface area (Å²) in [6, 6.07) is 12.2.